The normalized spacial score (nSPS) is 24.0. The average molecular weight is 327 g/mol. The Kier molecular flexibility index (Phi) is 5.69. The molecule has 1 aliphatic heterocycles. The fourth-order valence-corrected chi connectivity index (χ4v) is 4.48. The molecule has 6 heteroatoms. The number of aryl methyl sites for hydroxylation is 1. The quantitative estimate of drug-likeness (QED) is 0.869. The molecule has 0 amide bonds. The van der Waals surface area contributed by atoms with Gasteiger partial charge in [-0.2, -0.15) is 0 Å². The van der Waals surface area contributed by atoms with E-state index in [1.165, 1.54) is 5.69 Å². The van der Waals surface area contributed by atoms with Gasteiger partial charge in [0.1, 0.15) is 0 Å². The molecule has 1 aromatic heterocycles. The summed E-state index contributed by atoms with van der Waals surface area (Å²) in [6.45, 7) is 7.77. The molecule has 1 N–H and O–H groups in total. The lowest BCUT2D eigenvalue weighted by atomic mass is 9.91. The van der Waals surface area contributed by atoms with E-state index in [-0.39, 0.29) is 5.25 Å². The van der Waals surface area contributed by atoms with Crippen molar-refractivity contribution in [3.05, 3.63) is 24.0 Å². The maximum Gasteiger partial charge on any atom is 0.216 e. The van der Waals surface area contributed by atoms with Crippen molar-refractivity contribution in [3.63, 3.8) is 0 Å². The second kappa shape index (κ2) is 7.15. The van der Waals surface area contributed by atoms with Gasteiger partial charge in [-0.15, -0.1) is 0 Å². The highest BCUT2D eigenvalue weighted by molar-refractivity contribution is 7.89. The summed E-state index contributed by atoms with van der Waals surface area (Å²) >= 11 is 0. The van der Waals surface area contributed by atoms with E-state index in [1.807, 2.05) is 19.3 Å². The number of nitrogens with zero attached hydrogens (tertiary/aromatic N) is 2. The fraction of sp³-hybridized carbons (Fsp3) is 0.750. The molecule has 0 aliphatic carbocycles. The smallest absolute Gasteiger partial charge is 0.216 e. The van der Waals surface area contributed by atoms with Crippen molar-refractivity contribution in [1.82, 2.24) is 14.2 Å². The van der Waals surface area contributed by atoms with E-state index in [4.69, 9.17) is 0 Å². The zero-order chi connectivity index (χ0) is 16.3. The second-order valence-electron chi connectivity index (χ2n) is 6.51. The molecule has 0 aromatic carbocycles. The molecule has 1 fully saturated rings. The largest absolute Gasteiger partial charge is 0.353 e. The zero-order valence-electron chi connectivity index (χ0n) is 14.1. The summed E-state index contributed by atoms with van der Waals surface area (Å²) in [6.07, 6.45) is 3.93. The zero-order valence-corrected chi connectivity index (χ0v) is 14.9. The van der Waals surface area contributed by atoms with Gasteiger partial charge in [0.15, 0.2) is 0 Å². The lowest BCUT2D eigenvalue weighted by Gasteiger charge is -2.38. The van der Waals surface area contributed by atoms with Gasteiger partial charge in [-0.1, -0.05) is 13.3 Å². The molecule has 0 radical (unpaired) electrons. The maximum atomic E-state index is 12.3. The van der Waals surface area contributed by atoms with Crippen LogP contribution in [0.3, 0.4) is 0 Å². The van der Waals surface area contributed by atoms with E-state index in [2.05, 4.69) is 22.9 Å². The summed E-state index contributed by atoms with van der Waals surface area (Å²) in [4.78, 5) is 0. The third kappa shape index (κ3) is 3.73. The number of hydrogen-bond donors (Lipinski definition) is 1. The first-order valence-electron chi connectivity index (χ1n) is 8.18. The van der Waals surface area contributed by atoms with Crippen molar-refractivity contribution in [1.29, 1.82) is 0 Å². The van der Waals surface area contributed by atoms with Crippen LogP contribution in [0, 0.1) is 5.92 Å². The topological polar surface area (TPSA) is 54.3 Å². The van der Waals surface area contributed by atoms with Gasteiger partial charge >= 0.3 is 0 Å². The van der Waals surface area contributed by atoms with Crippen molar-refractivity contribution in [2.24, 2.45) is 13.0 Å². The van der Waals surface area contributed by atoms with Crippen molar-refractivity contribution in [2.45, 2.75) is 51.4 Å². The van der Waals surface area contributed by atoms with Gasteiger partial charge in [0.25, 0.3) is 0 Å². The Morgan fingerprint density at radius 1 is 1.41 bits per heavy atom. The number of sulfonamides is 1. The third-order valence-corrected chi connectivity index (χ3v) is 7.02. The number of nitrogens with one attached hydrogen (secondary N) is 1. The number of hydrogen-bond acceptors (Lipinski definition) is 3. The first-order valence-corrected chi connectivity index (χ1v) is 9.69. The van der Waals surface area contributed by atoms with Gasteiger partial charge in [-0.3, -0.25) is 0 Å². The Balaban J connectivity index is 1.97. The number of rotatable bonds is 6. The van der Waals surface area contributed by atoms with Crippen molar-refractivity contribution >= 4 is 10.0 Å². The Hall–Kier alpha value is -0.850. The van der Waals surface area contributed by atoms with Crippen molar-refractivity contribution in [3.8, 4) is 0 Å². The minimum atomic E-state index is -3.13. The summed E-state index contributed by atoms with van der Waals surface area (Å²) in [5, 5.41) is 3.29. The highest BCUT2D eigenvalue weighted by Crippen LogP contribution is 2.24. The summed E-state index contributed by atoms with van der Waals surface area (Å²) in [6, 6.07) is 4.55. The van der Waals surface area contributed by atoms with Crippen molar-refractivity contribution in [2.75, 3.05) is 13.1 Å². The lowest BCUT2D eigenvalue weighted by Crippen LogP contribution is -2.52. The standard InChI is InChI=1S/C16H29N3O2S/c1-5-14-12-19(22(20,21)13(2)3)10-8-16(14)17-11-15-7-6-9-18(15)4/h6-7,9,13-14,16-17H,5,8,10-12H2,1-4H3/t14-,16+/m1/s1. The molecule has 1 saturated heterocycles. The van der Waals surface area contributed by atoms with E-state index >= 15 is 0 Å². The van der Waals surface area contributed by atoms with E-state index in [0.717, 1.165) is 19.4 Å². The van der Waals surface area contributed by atoms with Crippen LogP contribution < -0.4 is 5.32 Å². The molecule has 1 aromatic rings. The van der Waals surface area contributed by atoms with Gasteiger partial charge in [0, 0.05) is 44.6 Å². The van der Waals surface area contributed by atoms with Gasteiger partial charge in [-0.05, 0) is 38.3 Å². The molecule has 0 saturated carbocycles. The Labute approximate surface area is 134 Å². The summed E-state index contributed by atoms with van der Waals surface area (Å²) in [5.74, 6) is 0.377. The van der Waals surface area contributed by atoms with E-state index < -0.39 is 10.0 Å². The Morgan fingerprint density at radius 2 is 2.14 bits per heavy atom. The van der Waals surface area contributed by atoms with Crippen LogP contribution in [0.15, 0.2) is 18.3 Å². The van der Waals surface area contributed by atoms with E-state index in [0.29, 0.717) is 25.0 Å². The number of piperidine rings is 1. The van der Waals surface area contributed by atoms with Crippen LogP contribution in [0.4, 0.5) is 0 Å². The van der Waals surface area contributed by atoms with Crippen LogP contribution in [0.25, 0.3) is 0 Å². The molecule has 0 spiro atoms. The molecule has 2 rings (SSSR count). The van der Waals surface area contributed by atoms with Crippen LogP contribution in [0.5, 0.6) is 0 Å². The molecule has 0 bridgehead atoms. The molecule has 5 nitrogen and oxygen atoms in total. The summed E-state index contributed by atoms with van der Waals surface area (Å²) in [5.41, 5.74) is 1.26. The minimum Gasteiger partial charge on any atom is -0.353 e. The minimum absolute atomic E-state index is 0.335. The molecule has 126 valence electrons. The van der Waals surface area contributed by atoms with Crippen LogP contribution >= 0.6 is 0 Å². The van der Waals surface area contributed by atoms with Gasteiger partial charge in [0.05, 0.1) is 5.25 Å². The highest BCUT2D eigenvalue weighted by Gasteiger charge is 2.35. The Morgan fingerprint density at radius 3 is 2.68 bits per heavy atom. The highest BCUT2D eigenvalue weighted by atomic mass is 32.2. The lowest BCUT2D eigenvalue weighted by molar-refractivity contribution is 0.199. The first-order chi connectivity index (χ1) is 10.4. The van der Waals surface area contributed by atoms with Crippen LogP contribution in [-0.2, 0) is 23.6 Å². The van der Waals surface area contributed by atoms with E-state index in [9.17, 15) is 8.42 Å². The predicted octanol–water partition coefficient (Wildman–Crippen LogP) is 1.95. The second-order valence-corrected chi connectivity index (χ2v) is 9.00. The van der Waals surface area contributed by atoms with Gasteiger partial charge in [-0.25, -0.2) is 12.7 Å². The molecule has 1 aliphatic rings. The third-order valence-electron chi connectivity index (χ3n) is 4.77. The maximum absolute atomic E-state index is 12.3. The van der Waals surface area contributed by atoms with Crippen molar-refractivity contribution < 1.29 is 8.42 Å². The summed E-state index contributed by atoms with van der Waals surface area (Å²) < 4.78 is 28.5. The van der Waals surface area contributed by atoms with E-state index in [1.54, 1.807) is 18.2 Å². The summed E-state index contributed by atoms with van der Waals surface area (Å²) in [7, 11) is -1.08. The Bertz CT molecular complexity index is 580. The van der Waals surface area contributed by atoms with Crippen LogP contribution in [0.2, 0.25) is 0 Å². The molecule has 2 atom stereocenters. The van der Waals surface area contributed by atoms with Crippen LogP contribution in [-0.4, -0.2) is 41.7 Å². The molecular weight excluding hydrogens is 298 g/mol. The average Bonchev–Trinajstić information content (AvgIpc) is 2.90. The predicted molar refractivity (Wildman–Crippen MR) is 90.1 cm³/mol. The van der Waals surface area contributed by atoms with Gasteiger partial charge < -0.3 is 9.88 Å². The number of aromatic nitrogens is 1. The fourth-order valence-electron chi connectivity index (χ4n) is 3.13. The van der Waals surface area contributed by atoms with Crippen LogP contribution in [0.1, 0.15) is 39.3 Å². The first kappa shape index (κ1) is 17.5. The molecule has 2 heterocycles. The molecular formula is C16H29N3O2S. The SMILES string of the molecule is CC[C@@H]1CN(S(=O)(=O)C(C)C)CC[C@@H]1NCc1cccn1C. The molecule has 22 heavy (non-hydrogen) atoms. The monoisotopic (exact) mass is 327 g/mol. The molecule has 0 unspecified atom stereocenters. The van der Waals surface area contributed by atoms with Gasteiger partial charge in [0.2, 0.25) is 10.0 Å².